The summed E-state index contributed by atoms with van der Waals surface area (Å²) in [7, 11) is -2.86. The minimum absolute atomic E-state index is 0.0964. The SMILES string of the molecule is Cc1ccc(SC(Sc2ccc(C)cc2)C(=O)[C@H](C)O[Si](c2ccccc2)(c2ccccc2)C(C)(C)C)cc1. The Labute approximate surface area is 243 Å². The lowest BCUT2D eigenvalue weighted by Gasteiger charge is -2.44. The molecular formula is C34H38O2S2Si. The van der Waals surface area contributed by atoms with Crippen LogP contribution in [0.2, 0.25) is 5.04 Å². The fourth-order valence-corrected chi connectivity index (χ4v) is 12.0. The Bertz CT molecular complexity index is 1260. The molecule has 0 aliphatic rings. The lowest BCUT2D eigenvalue weighted by Crippen LogP contribution is -2.68. The Hall–Kier alpha value is -2.57. The van der Waals surface area contributed by atoms with Crippen LogP contribution < -0.4 is 10.4 Å². The molecule has 0 saturated heterocycles. The zero-order valence-electron chi connectivity index (χ0n) is 23.7. The van der Waals surface area contributed by atoms with Crippen LogP contribution in [-0.4, -0.2) is 24.8 Å². The summed E-state index contributed by atoms with van der Waals surface area (Å²) in [6, 6.07) is 37.8. The lowest BCUT2D eigenvalue weighted by molar-refractivity contribution is -0.123. The molecule has 0 bridgehead atoms. The zero-order valence-corrected chi connectivity index (χ0v) is 26.3. The molecule has 5 heteroatoms. The van der Waals surface area contributed by atoms with Gasteiger partial charge in [-0.05, 0) is 60.4 Å². The molecule has 0 radical (unpaired) electrons. The van der Waals surface area contributed by atoms with Crippen molar-refractivity contribution < 1.29 is 9.22 Å². The molecule has 2 nitrogen and oxygen atoms in total. The normalized spacial score (nSPS) is 12.9. The Balaban J connectivity index is 1.72. The molecule has 0 spiro atoms. The molecular weight excluding hydrogens is 533 g/mol. The molecule has 0 unspecified atom stereocenters. The third kappa shape index (κ3) is 6.96. The summed E-state index contributed by atoms with van der Waals surface area (Å²) < 4.78 is 6.85. The molecule has 1 atom stereocenters. The van der Waals surface area contributed by atoms with Gasteiger partial charge in [-0.25, -0.2) is 0 Å². The van der Waals surface area contributed by atoms with E-state index >= 15 is 0 Å². The minimum Gasteiger partial charge on any atom is -0.398 e. The Morgan fingerprint density at radius 3 is 1.41 bits per heavy atom. The summed E-state index contributed by atoms with van der Waals surface area (Å²) in [5, 5.41) is 2.16. The molecule has 0 heterocycles. The first-order valence-electron chi connectivity index (χ1n) is 13.4. The average molecular weight is 571 g/mol. The van der Waals surface area contributed by atoms with E-state index in [-0.39, 0.29) is 15.4 Å². The van der Waals surface area contributed by atoms with E-state index in [9.17, 15) is 4.79 Å². The first-order chi connectivity index (χ1) is 18.6. The van der Waals surface area contributed by atoms with Gasteiger partial charge in [0.25, 0.3) is 8.32 Å². The van der Waals surface area contributed by atoms with Crippen molar-refractivity contribution in [3.8, 4) is 0 Å². The number of thioether (sulfide) groups is 2. The molecule has 0 fully saturated rings. The maximum atomic E-state index is 14.3. The molecule has 39 heavy (non-hydrogen) atoms. The zero-order chi connectivity index (χ0) is 28.0. The summed E-state index contributed by atoms with van der Waals surface area (Å²) in [6.07, 6.45) is -0.586. The number of rotatable bonds is 10. The largest absolute Gasteiger partial charge is 0.398 e. The van der Waals surface area contributed by atoms with Gasteiger partial charge in [0.05, 0.1) is 0 Å². The highest BCUT2D eigenvalue weighted by atomic mass is 32.2. The van der Waals surface area contributed by atoms with Crippen LogP contribution >= 0.6 is 23.5 Å². The van der Waals surface area contributed by atoms with Crippen LogP contribution in [0.1, 0.15) is 38.8 Å². The van der Waals surface area contributed by atoms with E-state index in [2.05, 4.69) is 132 Å². The summed E-state index contributed by atoms with van der Waals surface area (Å²) >= 11 is 3.21. The second-order valence-electron chi connectivity index (χ2n) is 11.0. The van der Waals surface area contributed by atoms with Crippen LogP contribution in [0.3, 0.4) is 0 Å². The van der Waals surface area contributed by atoms with Gasteiger partial charge in [0, 0.05) is 9.79 Å². The average Bonchev–Trinajstić information content (AvgIpc) is 2.93. The second-order valence-corrected chi connectivity index (χ2v) is 17.9. The fourth-order valence-electron chi connectivity index (χ4n) is 4.83. The monoisotopic (exact) mass is 570 g/mol. The third-order valence-electron chi connectivity index (χ3n) is 6.93. The highest BCUT2D eigenvalue weighted by molar-refractivity contribution is 8.18. The smallest absolute Gasteiger partial charge is 0.262 e. The Morgan fingerprint density at radius 1 is 0.667 bits per heavy atom. The first-order valence-corrected chi connectivity index (χ1v) is 17.1. The van der Waals surface area contributed by atoms with E-state index in [1.165, 1.54) is 21.5 Å². The number of ketones is 1. The van der Waals surface area contributed by atoms with Gasteiger partial charge >= 0.3 is 0 Å². The van der Waals surface area contributed by atoms with Crippen molar-refractivity contribution in [3.05, 3.63) is 120 Å². The van der Waals surface area contributed by atoms with E-state index in [1.807, 2.05) is 19.1 Å². The highest BCUT2D eigenvalue weighted by Gasteiger charge is 2.52. The Morgan fingerprint density at radius 2 is 1.05 bits per heavy atom. The van der Waals surface area contributed by atoms with Gasteiger partial charge in [0.2, 0.25) is 0 Å². The number of benzene rings is 4. The summed E-state index contributed by atoms with van der Waals surface area (Å²) in [5.74, 6) is 0.0964. The molecule has 4 aromatic rings. The predicted octanol–water partition coefficient (Wildman–Crippen LogP) is 8.05. The van der Waals surface area contributed by atoms with Crippen molar-refractivity contribution in [2.45, 2.75) is 67.1 Å². The molecule has 0 N–H and O–H groups in total. The number of hydrogen-bond acceptors (Lipinski definition) is 4. The standard InChI is InChI=1S/C34H38O2S2Si/c1-25-17-21-28(22-18-25)37-33(38-29-23-19-26(2)20-24-29)32(35)27(3)36-39(34(4,5)6,30-13-9-7-10-14-30)31-15-11-8-12-16-31/h7-24,27,33H,1-6H3/t27-/m0/s1. The number of carbonyl (C=O) groups is 1. The van der Waals surface area contributed by atoms with Gasteiger partial charge in [0.15, 0.2) is 5.78 Å². The maximum absolute atomic E-state index is 14.3. The van der Waals surface area contributed by atoms with Crippen LogP contribution in [-0.2, 0) is 9.22 Å². The lowest BCUT2D eigenvalue weighted by atomic mass is 10.2. The van der Waals surface area contributed by atoms with E-state index in [0.29, 0.717) is 0 Å². The minimum atomic E-state index is -2.86. The maximum Gasteiger partial charge on any atom is 0.262 e. The van der Waals surface area contributed by atoms with E-state index in [4.69, 9.17) is 4.43 Å². The van der Waals surface area contributed by atoms with Crippen molar-refractivity contribution >= 4 is 48.0 Å². The quantitative estimate of drug-likeness (QED) is 0.109. The van der Waals surface area contributed by atoms with Gasteiger partial charge in [-0.3, -0.25) is 4.79 Å². The van der Waals surface area contributed by atoms with Crippen LogP contribution in [0.5, 0.6) is 0 Å². The molecule has 4 aromatic carbocycles. The van der Waals surface area contributed by atoms with Crippen molar-refractivity contribution in [1.82, 2.24) is 0 Å². The summed E-state index contributed by atoms with van der Waals surface area (Å²) in [4.78, 5) is 16.5. The van der Waals surface area contributed by atoms with Gasteiger partial charge in [-0.15, -0.1) is 23.5 Å². The van der Waals surface area contributed by atoms with Crippen LogP contribution in [0.15, 0.2) is 119 Å². The van der Waals surface area contributed by atoms with Gasteiger partial charge in [-0.2, -0.15) is 0 Å². The summed E-state index contributed by atoms with van der Waals surface area (Å²) in [6.45, 7) is 12.8. The third-order valence-corrected chi connectivity index (χ3v) is 14.6. The molecule has 0 aliphatic carbocycles. The fraction of sp³-hybridized carbons (Fsp3) is 0.265. The first kappa shape index (κ1) is 29.4. The molecule has 4 rings (SSSR count). The summed E-state index contributed by atoms with van der Waals surface area (Å²) in [5.41, 5.74) is 2.41. The Kier molecular flexibility index (Phi) is 9.60. The number of carbonyl (C=O) groups excluding carboxylic acids is 1. The van der Waals surface area contributed by atoms with Crippen molar-refractivity contribution in [1.29, 1.82) is 0 Å². The molecule has 202 valence electrons. The van der Waals surface area contributed by atoms with Crippen LogP contribution in [0.25, 0.3) is 0 Å². The van der Waals surface area contributed by atoms with Crippen LogP contribution in [0.4, 0.5) is 0 Å². The van der Waals surface area contributed by atoms with E-state index in [0.717, 1.165) is 9.79 Å². The van der Waals surface area contributed by atoms with Crippen molar-refractivity contribution in [2.75, 3.05) is 0 Å². The van der Waals surface area contributed by atoms with Gasteiger partial charge in [0.1, 0.15) is 10.7 Å². The molecule has 0 amide bonds. The van der Waals surface area contributed by atoms with Crippen molar-refractivity contribution in [2.24, 2.45) is 0 Å². The number of hydrogen-bond donors (Lipinski definition) is 0. The predicted molar refractivity (Wildman–Crippen MR) is 171 cm³/mol. The second kappa shape index (κ2) is 12.7. The van der Waals surface area contributed by atoms with E-state index < -0.39 is 14.4 Å². The topological polar surface area (TPSA) is 26.3 Å². The van der Waals surface area contributed by atoms with Gasteiger partial charge < -0.3 is 4.43 Å². The number of Topliss-reactive ketones (excluding diaryl/α,β-unsaturated/α-hetero) is 1. The molecule has 0 aromatic heterocycles. The highest BCUT2D eigenvalue weighted by Crippen LogP contribution is 2.40. The van der Waals surface area contributed by atoms with Crippen LogP contribution in [0, 0.1) is 13.8 Å². The molecule has 0 aliphatic heterocycles. The van der Waals surface area contributed by atoms with Gasteiger partial charge in [-0.1, -0.05) is 117 Å². The number of aryl methyl sites for hydroxylation is 2. The van der Waals surface area contributed by atoms with E-state index in [1.54, 1.807) is 23.5 Å². The van der Waals surface area contributed by atoms with Crippen molar-refractivity contribution in [3.63, 3.8) is 0 Å². The molecule has 0 saturated carbocycles.